The molecule has 2 N–H and O–H groups in total. The maximum absolute atomic E-state index is 9.95. The molecule has 0 fully saturated rings. The number of benzene rings is 2. The van der Waals surface area contributed by atoms with Crippen molar-refractivity contribution in [2.45, 2.75) is 18.9 Å². The third-order valence-electron chi connectivity index (χ3n) is 5.85. The first kappa shape index (κ1) is 23.3. The average Bonchev–Trinajstić information content (AvgIpc) is 3.27. The molecule has 1 aromatic heterocycles. The van der Waals surface area contributed by atoms with Crippen molar-refractivity contribution in [3.63, 3.8) is 0 Å². The number of hydrogen-bond donors (Lipinski definition) is 2. The van der Waals surface area contributed by atoms with E-state index in [-0.39, 0.29) is 18.0 Å². The van der Waals surface area contributed by atoms with E-state index in [0.29, 0.717) is 22.8 Å². The highest BCUT2D eigenvalue weighted by Crippen LogP contribution is 2.41. The van der Waals surface area contributed by atoms with Gasteiger partial charge >= 0.3 is 7.12 Å². The molecule has 3 aromatic rings. The van der Waals surface area contributed by atoms with E-state index < -0.39 is 7.12 Å². The maximum Gasteiger partial charge on any atom is 0.636 e. The van der Waals surface area contributed by atoms with E-state index in [1.807, 2.05) is 24.3 Å². The minimum atomic E-state index is -1.02. The van der Waals surface area contributed by atoms with Gasteiger partial charge in [-0.3, -0.25) is 0 Å². The van der Waals surface area contributed by atoms with E-state index in [2.05, 4.69) is 4.98 Å². The first-order valence-electron chi connectivity index (χ1n) is 11.4. The number of aliphatic hydroxyl groups is 2. The molecule has 1 aliphatic heterocycles. The molecule has 1 aliphatic carbocycles. The van der Waals surface area contributed by atoms with Crippen LogP contribution in [0, 0.1) is 0 Å². The molecular formula is C26H25BN2O7. The lowest BCUT2D eigenvalue weighted by Gasteiger charge is -2.20. The van der Waals surface area contributed by atoms with E-state index in [0.717, 1.165) is 29.7 Å². The molecule has 0 unspecified atom stereocenters. The molecule has 0 radical (unpaired) electrons. The molecule has 0 spiro atoms. The SMILES string of the molecule is COc1cccnc1Oc1cccc2c1CC[C@H]2Oc1ccc(B2O/C(O)=C\N(C)/C=C(/O)O2)cc1. The van der Waals surface area contributed by atoms with Crippen LogP contribution in [0.3, 0.4) is 0 Å². The van der Waals surface area contributed by atoms with Gasteiger partial charge in [-0.15, -0.1) is 0 Å². The Balaban J connectivity index is 1.30. The third-order valence-corrected chi connectivity index (χ3v) is 5.85. The molecule has 0 amide bonds. The summed E-state index contributed by atoms with van der Waals surface area (Å²) in [6.45, 7) is 0. The van der Waals surface area contributed by atoms with Crippen LogP contribution in [0.4, 0.5) is 0 Å². The molecule has 184 valence electrons. The fraction of sp³-hybridized carbons (Fsp3) is 0.192. The smallest absolute Gasteiger partial charge is 0.494 e. The Morgan fingerprint density at radius 1 is 0.972 bits per heavy atom. The summed E-state index contributed by atoms with van der Waals surface area (Å²) in [4.78, 5) is 5.71. The van der Waals surface area contributed by atoms with E-state index in [4.69, 9.17) is 23.5 Å². The van der Waals surface area contributed by atoms with Crippen molar-refractivity contribution in [2.75, 3.05) is 14.2 Å². The number of nitrogens with zero attached hydrogens (tertiary/aromatic N) is 2. The highest BCUT2D eigenvalue weighted by Gasteiger charge is 2.31. The Bertz CT molecular complexity index is 1270. The van der Waals surface area contributed by atoms with Gasteiger partial charge in [0.05, 0.1) is 19.5 Å². The predicted molar refractivity (Wildman–Crippen MR) is 132 cm³/mol. The van der Waals surface area contributed by atoms with Crippen LogP contribution < -0.4 is 19.7 Å². The van der Waals surface area contributed by atoms with Crippen molar-refractivity contribution in [1.29, 1.82) is 0 Å². The quantitative estimate of drug-likeness (QED) is 0.491. The lowest BCUT2D eigenvalue weighted by atomic mass is 9.79. The molecule has 5 rings (SSSR count). The van der Waals surface area contributed by atoms with Crippen LogP contribution in [0.5, 0.6) is 23.1 Å². The topological polar surface area (TPSA) is 103 Å². The summed E-state index contributed by atoms with van der Waals surface area (Å²) in [5.41, 5.74) is 2.74. The summed E-state index contributed by atoms with van der Waals surface area (Å²) < 4.78 is 28.5. The zero-order valence-corrected chi connectivity index (χ0v) is 19.8. The summed E-state index contributed by atoms with van der Waals surface area (Å²) in [6.07, 6.45) is 5.78. The highest BCUT2D eigenvalue weighted by atomic mass is 16.7. The fourth-order valence-corrected chi connectivity index (χ4v) is 4.21. The molecule has 1 atom stereocenters. The average molecular weight is 488 g/mol. The molecule has 2 heterocycles. The van der Waals surface area contributed by atoms with Gasteiger partial charge in [0, 0.05) is 24.3 Å². The van der Waals surface area contributed by atoms with Crippen LogP contribution in [-0.4, -0.2) is 41.4 Å². The number of aromatic nitrogens is 1. The summed E-state index contributed by atoms with van der Waals surface area (Å²) in [7, 11) is 2.19. The summed E-state index contributed by atoms with van der Waals surface area (Å²) in [6, 6.07) is 16.6. The van der Waals surface area contributed by atoms with Gasteiger partial charge < -0.3 is 38.6 Å². The van der Waals surface area contributed by atoms with Gasteiger partial charge in [-0.05, 0) is 48.7 Å². The summed E-state index contributed by atoms with van der Waals surface area (Å²) >= 11 is 0. The summed E-state index contributed by atoms with van der Waals surface area (Å²) in [5.74, 6) is 1.71. The number of methoxy groups -OCH3 is 1. The lowest BCUT2D eigenvalue weighted by Crippen LogP contribution is -2.37. The second kappa shape index (κ2) is 10.0. The normalized spacial score (nSPS) is 19.9. The van der Waals surface area contributed by atoms with Crippen LogP contribution in [-0.2, 0) is 15.7 Å². The van der Waals surface area contributed by atoms with Gasteiger partial charge in [0.25, 0.3) is 17.8 Å². The molecule has 2 aliphatic rings. The maximum atomic E-state index is 9.95. The van der Waals surface area contributed by atoms with Crippen molar-refractivity contribution in [2.24, 2.45) is 0 Å². The van der Waals surface area contributed by atoms with Crippen molar-refractivity contribution in [3.05, 3.63) is 96.2 Å². The molecule has 0 saturated carbocycles. The minimum Gasteiger partial charge on any atom is -0.494 e. The largest absolute Gasteiger partial charge is 0.636 e. The molecule has 36 heavy (non-hydrogen) atoms. The van der Waals surface area contributed by atoms with Gasteiger partial charge in [0.1, 0.15) is 17.6 Å². The Morgan fingerprint density at radius 3 is 2.42 bits per heavy atom. The minimum absolute atomic E-state index is 0.136. The molecule has 2 aromatic carbocycles. The third kappa shape index (κ3) is 4.97. The number of aliphatic hydroxyl groups excluding tert-OH is 2. The number of hydrogen-bond acceptors (Lipinski definition) is 9. The van der Waals surface area contributed by atoms with Crippen molar-refractivity contribution in [3.8, 4) is 23.1 Å². The Morgan fingerprint density at radius 2 is 1.69 bits per heavy atom. The highest BCUT2D eigenvalue weighted by molar-refractivity contribution is 6.61. The van der Waals surface area contributed by atoms with Crippen molar-refractivity contribution < 1.29 is 33.7 Å². The fourth-order valence-electron chi connectivity index (χ4n) is 4.21. The molecule has 9 nitrogen and oxygen atoms in total. The van der Waals surface area contributed by atoms with Gasteiger partial charge in [-0.1, -0.05) is 24.3 Å². The van der Waals surface area contributed by atoms with Crippen molar-refractivity contribution >= 4 is 12.6 Å². The lowest BCUT2D eigenvalue weighted by molar-refractivity contribution is 0.124. The second-order valence-electron chi connectivity index (χ2n) is 8.32. The number of rotatable bonds is 6. The van der Waals surface area contributed by atoms with Crippen LogP contribution in [0.25, 0.3) is 0 Å². The van der Waals surface area contributed by atoms with Crippen LogP contribution in [0.2, 0.25) is 0 Å². The van der Waals surface area contributed by atoms with Crippen molar-refractivity contribution in [1.82, 2.24) is 9.88 Å². The van der Waals surface area contributed by atoms with Crippen LogP contribution in [0.1, 0.15) is 23.7 Å². The predicted octanol–water partition coefficient (Wildman–Crippen LogP) is 4.34. The monoisotopic (exact) mass is 488 g/mol. The number of pyridine rings is 1. The molecule has 0 saturated heterocycles. The molecular weight excluding hydrogens is 463 g/mol. The standard InChI is InChI=1S/C26H25BN2O7/c1-29-15-24(30)35-27(36-25(31)16-29)17-8-10-18(11-9-17)33-22-13-12-20-19(22)5-3-6-21(20)34-26-23(32-2)7-4-14-28-26/h3-11,14-16,22,30-31H,12-13H2,1-2H3/b24-15-,25-16-/t22-/m1/s1. The van der Waals surface area contributed by atoms with Gasteiger partial charge in [0.2, 0.25) is 0 Å². The van der Waals surface area contributed by atoms with Gasteiger partial charge in [-0.2, -0.15) is 0 Å². The first-order chi connectivity index (χ1) is 17.5. The van der Waals surface area contributed by atoms with E-state index >= 15 is 0 Å². The molecule has 0 bridgehead atoms. The second-order valence-corrected chi connectivity index (χ2v) is 8.32. The number of fused-ring (bicyclic) bond motifs is 1. The van der Waals surface area contributed by atoms with Gasteiger partial charge in [-0.25, -0.2) is 4.98 Å². The zero-order valence-electron chi connectivity index (χ0n) is 19.8. The zero-order chi connectivity index (χ0) is 25.1. The Hall–Kier alpha value is -4.47. The summed E-state index contributed by atoms with van der Waals surface area (Å²) in [5, 5.41) is 19.9. The van der Waals surface area contributed by atoms with Gasteiger partial charge in [0.15, 0.2) is 5.75 Å². The van der Waals surface area contributed by atoms with Crippen LogP contribution in [0.15, 0.2) is 85.1 Å². The Labute approximate surface area is 208 Å². The van der Waals surface area contributed by atoms with E-state index in [9.17, 15) is 10.2 Å². The van der Waals surface area contributed by atoms with E-state index in [1.54, 1.807) is 50.7 Å². The number of ether oxygens (including phenoxy) is 3. The van der Waals surface area contributed by atoms with Crippen LogP contribution >= 0.6 is 0 Å². The molecule has 10 heteroatoms. The Kier molecular flexibility index (Phi) is 6.49. The van der Waals surface area contributed by atoms with E-state index in [1.165, 1.54) is 17.3 Å². The first-order valence-corrected chi connectivity index (χ1v) is 11.4.